The molecule has 15 heteroatoms. The molecule has 1 N–H and O–H groups in total. The number of methoxy groups -OCH3 is 3. The van der Waals surface area contributed by atoms with Crippen LogP contribution in [-0.2, 0) is 40.4 Å². The number of benzene rings is 6. The van der Waals surface area contributed by atoms with Crippen LogP contribution in [0.3, 0.4) is 0 Å². The third-order valence-corrected chi connectivity index (χ3v) is 17.7. The number of imidazole rings is 1. The van der Waals surface area contributed by atoms with Gasteiger partial charge in [-0.05, 0) is 93.9 Å². The van der Waals surface area contributed by atoms with Gasteiger partial charge in [0.25, 0.3) is 0 Å². The molecule has 9 rings (SSSR count). The van der Waals surface area contributed by atoms with Crippen molar-refractivity contribution in [2.75, 3.05) is 52.2 Å². The Bertz CT molecular complexity index is 2980. The largest absolute Gasteiger partial charge is 0.497 e. The second-order valence-corrected chi connectivity index (χ2v) is 22.2. The highest BCUT2D eigenvalue weighted by molar-refractivity contribution is 8.07. The molecule has 8 aromatic rings. The van der Waals surface area contributed by atoms with E-state index in [2.05, 4.69) is 104 Å². The standard InChI is InChI=1S/C58H62N5O7PS2/c1-7-35-67-71(72,68-36-37-73-58(46-21-15-10-16-22-46,47-25-31-50(65-5)32-26-47)48-27-33-51(66-6)34-28-48)69-38-52-41(2)42(3)56(70-52)63-40-61-53-54(59-39-60-55(53)63)62-57(43-17-11-8-12-18-43,44-19-13-9-14-20-44)45-23-29-49(64-4)30-24-45/h8-34,39-42,52,56H,7,35-38H2,1-6H3,(H,59,60,62)/t41?,42?,52-,56-,71?/m1/s1. The zero-order valence-electron chi connectivity index (χ0n) is 42.0. The van der Waals surface area contributed by atoms with Crippen molar-refractivity contribution in [1.82, 2.24) is 19.5 Å². The van der Waals surface area contributed by atoms with Crippen LogP contribution in [0.1, 0.15) is 66.8 Å². The molecule has 0 radical (unpaired) electrons. The summed E-state index contributed by atoms with van der Waals surface area (Å²) in [5.41, 5.74) is 6.73. The number of hydrogen-bond donors (Lipinski definition) is 1. The van der Waals surface area contributed by atoms with Crippen LogP contribution in [0.25, 0.3) is 11.2 Å². The number of ether oxygens (including phenoxy) is 4. The first-order valence-corrected chi connectivity index (χ1v) is 28.1. The third kappa shape index (κ3) is 10.8. The first-order chi connectivity index (χ1) is 35.7. The normalized spacial score (nSPS) is 17.8. The van der Waals surface area contributed by atoms with E-state index in [4.69, 9.17) is 59.3 Å². The van der Waals surface area contributed by atoms with Gasteiger partial charge >= 0.3 is 6.72 Å². The van der Waals surface area contributed by atoms with Crippen LogP contribution in [-0.4, -0.2) is 72.5 Å². The van der Waals surface area contributed by atoms with Crippen molar-refractivity contribution in [2.24, 2.45) is 11.8 Å². The zero-order valence-corrected chi connectivity index (χ0v) is 44.5. The van der Waals surface area contributed by atoms with E-state index in [0.29, 0.717) is 29.3 Å². The summed E-state index contributed by atoms with van der Waals surface area (Å²) >= 11 is 7.93. The number of fused-ring (bicyclic) bond motifs is 1. The Kier molecular flexibility index (Phi) is 16.6. The third-order valence-electron chi connectivity index (χ3n) is 13.7. The predicted octanol–water partition coefficient (Wildman–Crippen LogP) is 12.8. The van der Waals surface area contributed by atoms with Crippen LogP contribution < -0.4 is 19.5 Å². The van der Waals surface area contributed by atoms with Gasteiger partial charge in [-0.2, -0.15) is 0 Å². The van der Waals surface area contributed by atoms with Crippen molar-refractivity contribution in [3.8, 4) is 17.2 Å². The summed E-state index contributed by atoms with van der Waals surface area (Å²) in [4.78, 5) is 14.6. The summed E-state index contributed by atoms with van der Waals surface area (Å²) in [6, 6.07) is 55.9. The zero-order chi connectivity index (χ0) is 50.8. The highest BCUT2D eigenvalue weighted by atomic mass is 32.5. The average molecular weight is 1040 g/mol. The molecule has 12 nitrogen and oxygen atoms in total. The maximum atomic E-state index is 6.90. The molecule has 6 aromatic carbocycles. The molecule has 0 bridgehead atoms. The van der Waals surface area contributed by atoms with E-state index in [1.165, 1.54) is 0 Å². The van der Waals surface area contributed by atoms with Crippen molar-refractivity contribution in [3.63, 3.8) is 0 Å². The second kappa shape index (κ2) is 23.4. The Morgan fingerprint density at radius 1 is 0.603 bits per heavy atom. The Hall–Kier alpha value is -6.09. The van der Waals surface area contributed by atoms with E-state index in [0.717, 1.165) is 57.1 Å². The summed E-state index contributed by atoms with van der Waals surface area (Å²) in [5, 5.41) is 3.90. The van der Waals surface area contributed by atoms with E-state index < -0.39 is 23.2 Å². The van der Waals surface area contributed by atoms with Gasteiger partial charge in [-0.3, -0.25) is 4.57 Å². The second-order valence-electron chi connectivity index (χ2n) is 17.9. The molecule has 0 spiro atoms. The van der Waals surface area contributed by atoms with Crippen molar-refractivity contribution in [3.05, 3.63) is 210 Å². The van der Waals surface area contributed by atoms with E-state index in [9.17, 15) is 0 Å². The Labute approximate surface area is 438 Å². The Morgan fingerprint density at radius 2 is 1.08 bits per heavy atom. The van der Waals surface area contributed by atoms with E-state index in [1.54, 1.807) is 45.7 Å². The lowest BCUT2D eigenvalue weighted by Crippen LogP contribution is -2.38. The molecule has 0 aliphatic carbocycles. The van der Waals surface area contributed by atoms with Gasteiger partial charge in [0.15, 0.2) is 17.0 Å². The molecule has 0 saturated carbocycles. The quantitative estimate of drug-likeness (QED) is 0.0372. The van der Waals surface area contributed by atoms with E-state index in [-0.39, 0.29) is 31.2 Å². The minimum absolute atomic E-state index is 0.0538. The molecule has 1 fully saturated rings. The van der Waals surface area contributed by atoms with Crippen LogP contribution in [0.5, 0.6) is 17.2 Å². The van der Waals surface area contributed by atoms with Gasteiger partial charge in [0.1, 0.15) is 35.3 Å². The number of nitrogens with one attached hydrogen (secondary N) is 1. The molecule has 5 atom stereocenters. The number of hydrogen-bond acceptors (Lipinski definition) is 13. The lowest BCUT2D eigenvalue weighted by atomic mass is 9.77. The number of anilines is 1. The fourth-order valence-corrected chi connectivity index (χ4v) is 13.1. The molecule has 3 heterocycles. The van der Waals surface area contributed by atoms with Crippen LogP contribution in [0.4, 0.5) is 5.82 Å². The molecule has 1 aliphatic rings. The number of nitrogens with zero attached hydrogens (tertiary/aromatic N) is 4. The van der Waals surface area contributed by atoms with Crippen molar-refractivity contribution >= 4 is 47.3 Å². The molecular weight excluding hydrogens is 974 g/mol. The lowest BCUT2D eigenvalue weighted by Gasteiger charge is -2.37. The van der Waals surface area contributed by atoms with Crippen molar-refractivity contribution in [2.45, 2.75) is 49.8 Å². The summed E-state index contributed by atoms with van der Waals surface area (Å²) in [5.74, 6) is 3.60. The van der Waals surface area contributed by atoms with Gasteiger partial charge < -0.3 is 37.8 Å². The summed E-state index contributed by atoms with van der Waals surface area (Å²) in [6.45, 7) is 4.06. The summed E-state index contributed by atoms with van der Waals surface area (Å²) in [7, 11) is 5.03. The minimum atomic E-state index is -3.23. The van der Waals surface area contributed by atoms with Gasteiger partial charge in [0.2, 0.25) is 0 Å². The highest BCUT2D eigenvalue weighted by Crippen LogP contribution is 2.54. The lowest BCUT2D eigenvalue weighted by molar-refractivity contribution is -0.0328. The van der Waals surface area contributed by atoms with Gasteiger partial charge in [0, 0.05) is 11.7 Å². The maximum Gasteiger partial charge on any atom is 0.327 e. The first kappa shape index (κ1) is 51.8. The molecule has 3 unspecified atom stereocenters. The van der Waals surface area contributed by atoms with Crippen LogP contribution in [0.2, 0.25) is 0 Å². The fraction of sp³-hybridized carbons (Fsp3) is 0.293. The average Bonchev–Trinajstić information content (AvgIpc) is 4.01. The molecule has 2 aromatic heterocycles. The maximum absolute atomic E-state index is 6.90. The van der Waals surface area contributed by atoms with Gasteiger partial charge in [-0.15, -0.1) is 11.8 Å². The van der Waals surface area contributed by atoms with Crippen molar-refractivity contribution in [1.29, 1.82) is 0 Å². The summed E-state index contributed by atoms with van der Waals surface area (Å²) < 4.78 is 44.5. The highest BCUT2D eigenvalue weighted by Gasteiger charge is 2.43. The number of aromatic nitrogens is 4. The fourth-order valence-electron chi connectivity index (χ4n) is 9.67. The van der Waals surface area contributed by atoms with Crippen molar-refractivity contribution < 1.29 is 32.5 Å². The molecule has 1 saturated heterocycles. The topological polar surface area (TPSA) is 120 Å². The number of thioether (sulfide) groups is 1. The van der Waals surface area contributed by atoms with Crippen LogP contribution in [0.15, 0.2) is 176 Å². The monoisotopic (exact) mass is 1040 g/mol. The van der Waals surface area contributed by atoms with Gasteiger partial charge in [-0.25, -0.2) is 15.0 Å². The van der Waals surface area contributed by atoms with Crippen LogP contribution >= 0.6 is 18.5 Å². The molecule has 0 amide bonds. The SMILES string of the molecule is CCCOP(=S)(OCCSC(c1ccccc1)(c1ccc(OC)cc1)c1ccc(OC)cc1)OC[C@H]1O[C@@H](n2cnc3c(NC(c4ccccc4)(c4ccccc4)c4ccc(OC)cc4)ncnc32)C(C)C1C. The molecule has 73 heavy (non-hydrogen) atoms. The predicted molar refractivity (Wildman–Crippen MR) is 294 cm³/mol. The van der Waals surface area contributed by atoms with E-state index in [1.807, 2.05) is 90.4 Å². The summed E-state index contributed by atoms with van der Waals surface area (Å²) in [6.07, 6.45) is 3.41. The molecule has 378 valence electrons. The Morgan fingerprint density at radius 3 is 1.60 bits per heavy atom. The van der Waals surface area contributed by atoms with Gasteiger partial charge in [-0.1, -0.05) is 148 Å². The van der Waals surface area contributed by atoms with Crippen LogP contribution in [0, 0.1) is 11.8 Å². The number of rotatable bonds is 23. The first-order valence-electron chi connectivity index (χ1n) is 24.5. The minimum Gasteiger partial charge on any atom is -0.497 e. The van der Waals surface area contributed by atoms with E-state index >= 15 is 0 Å². The molecular formula is C58H62N5O7PS2. The van der Waals surface area contributed by atoms with Gasteiger partial charge in [0.05, 0.1) is 58.3 Å². The molecule has 1 aliphatic heterocycles. The Balaban J connectivity index is 0.944. The smallest absolute Gasteiger partial charge is 0.327 e.